The molecule has 1 rings (SSSR count). The topological polar surface area (TPSA) is 54.9 Å². The van der Waals surface area contributed by atoms with Crippen LogP contribution in [0.15, 0.2) is 29.3 Å². The average Bonchev–Trinajstić information content (AvgIpc) is 2.51. The van der Waals surface area contributed by atoms with E-state index in [2.05, 4.69) is 36.4 Å². The summed E-state index contributed by atoms with van der Waals surface area (Å²) < 4.78 is 10.8. The molecule has 132 valence electrons. The normalized spacial score (nSPS) is 11.1. The molecular weight excluding hydrogens is 405 g/mol. The van der Waals surface area contributed by atoms with Crippen molar-refractivity contribution >= 4 is 29.9 Å². The first-order valence-corrected chi connectivity index (χ1v) is 7.91. The summed E-state index contributed by atoms with van der Waals surface area (Å²) in [5.74, 6) is 1.74. The van der Waals surface area contributed by atoms with Crippen molar-refractivity contribution in [2.24, 2.45) is 4.99 Å². The van der Waals surface area contributed by atoms with Gasteiger partial charge in [0.2, 0.25) is 0 Å². The van der Waals surface area contributed by atoms with Crippen LogP contribution in [0.1, 0.15) is 32.8 Å². The fourth-order valence-electron chi connectivity index (χ4n) is 1.86. The molecule has 0 aromatic heterocycles. The van der Waals surface area contributed by atoms with E-state index < -0.39 is 0 Å². The Bertz CT molecular complexity index is 436. The maximum absolute atomic E-state index is 5.67. The number of hydrogen-bond donors (Lipinski definition) is 2. The molecule has 0 aliphatic heterocycles. The second-order valence-electron chi connectivity index (χ2n) is 5.31. The molecule has 0 amide bonds. The SMILES string of the molecule is CCNC(=NCCCOCc1ccc(OC)cc1)NC(C)C.I. The first-order valence-electron chi connectivity index (χ1n) is 7.91. The van der Waals surface area contributed by atoms with E-state index in [-0.39, 0.29) is 24.0 Å². The number of rotatable bonds is 9. The van der Waals surface area contributed by atoms with Crippen LogP contribution in [0.4, 0.5) is 0 Å². The Morgan fingerprint density at radius 2 is 1.91 bits per heavy atom. The second kappa shape index (κ2) is 13.4. The molecule has 6 heteroatoms. The zero-order valence-electron chi connectivity index (χ0n) is 14.6. The molecular formula is C17H30IN3O2. The van der Waals surface area contributed by atoms with Gasteiger partial charge < -0.3 is 20.1 Å². The van der Waals surface area contributed by atoms with E-state index >= 15 is 0 Å². The predicted molar refractivity (Wildman–Crippen MR) is 107 cm³/mol. The highest BCUT2D eigenvalue weighted by molar-refractivity contribution is 14.0. The Morgan fingerprint density at radius 1 is 1.22 bits per heavy atom. The van der Waals surface area contributed by atoms with Gasteiger partial charge in [-0.05, 0) is 44.9 Å². The van der Waals surface area contributed by atoms with Crippen LogP contribution in [-0.4, -0.2) is 38.8 Å². The van der Waals surface area contributed by atoms with Gasteiger partial charge in [-0.3, -0.25) is 4.99 Å². The summed E-state index contributed by atoms with van der Waals surface area (Å²) in [7, 11) is 1.67. The lowest BCUT2D eigenvalue weighted by atomic mass is 10.2. The van der Waals surface area contributed by atoms with Gasteiger partial charge in [-0.25, -0.2) is 0 Å². The molecule has 1 aromatic carbocycles. The van der Waals surface area contributed by atoms with E-state index in [1.165, 1.54) is 0 Å². The summed E-state index contributed by atoms with van der Waals surface area (Å²) in [6, 6.07) is 8.32. The molecule has 23 heavy (non-hydrogen) atoms. The zero-order valence-corrected chi connectivity index (χ0v) is 16.9. The number of guanidine groups is 1. The highest BCUT2D eigenvalue weighted by atomic mass is 127. The van der Waals surface area contributed by atoms with Crippen LogP contribution < -0.4 is 15.4 Å². The van der Waals surface area contributed by atoms with E-state index in [0.29, 0.717) is 19.3 Å². The molecule has 0 bridgehead atoms. The molecule has 0 fully saturated rings. The smallest absolute Gasteiger partial charge is 0.191 e. The maximum Gasteiger partial charge on any atom is 0.191 e. The van der Waals surface area contributed by atoms with Crippen molar-refractivity contribution in [3.05, 3.63) is 29.8 Å². The Morgan fingerprint density at radius 3 is 2.48 bits per heavy atom. The summed E-state index contributed by atoms with van der Waals surface area (Å²) in [6.45, 7) is 9.22. The van der Waals surface area contributed by atoms with Crippen LogP contribution in [0.2, 0.25) is 0 Å². The first kappa shape index (κ1) is 22.0. The van der Waals surface area contributed by atoms with Gasteiger partial charge in [0.05, 0.1) is 13.7 Å². The van der Waals surface area contributed by atoms with E-state index in [4.69, 9.17) is 9.47 Å². The lowest BCUT2D eigenvalue weighted by molar-refractivity contribution is 0.120. The van der Waals surface area contributed by atoms with Crippen molar-refractivity contribution in [2.75, 3.05) is 26.8 Å². The third kappa shape index (κ3) is 10.4. The predicted octanol–water partition coefficient (Wildman–Crippen LogP) is 3.18. The lowest BCUT2D eigenvalue weighted by Gasteiger charge is -2.13. The van der Waals surface area contributed by atoms with E-state index in [0.717, 1.165) is 36.8 Å². The summed E-state index contributed by atoms with van der Waals surface area (Å²) in [6.07, 6.45) is 0.908. The number of methoxy groups -OCH3 is 1. The molecule has 0 saturated heterocycles. The standard InChI is InChI=1S/C17H29N3O2.HI/c1-5-18-17(20-14(2)3)19-11-6-12-22-13-15-7-9-16(21-4)10-8-15;/h7-10,14H,5-6,11-13H2,1-4H3,(H2,18,19,20);1H. The number of ether oxygens (including phenoxy) is 2. The summed E-state index contributed by atoms with van der Waals surface area (Å²) >= 11 is 0. The average molecular weight is 435 g/mol. The number of benzene rings is 1. The highest BCUT2D eigenvalue weighted by Crippen LogP contribution is 2.11. The summed E-state index contributed by atoms with van der Waals surface area (Å²) in [4.78, 5) is 4.52. The van der Waals surface area contributed by atoms with Crippen LogP contribution in [0.5, 0.6) is 5.75 Å². The maximum atomic E-state index is 5.67. The molecule has 0 heterocycles. The van der Waals surface area contributed by atoms with Crippen LogP contribution >= 0.6 is 24.0 Å². The molecule has 0 atom stereocenters. The van der Waals surface area contributed by atoms with Crippen molar-refractivity contribution < 1.29 is 9.47 Å². The van der Waals surface area contributed by atoms with Crippen molar-refractivity contribution in [3.8, 4) is 5.75 Å². The first-order chi connectivity index (χ1) is 10.7. The van der Waals surface area contributed by atoms with Gasteiger partial charge in [0.15, 0.2) is 5.96 Å². The van der Waals surface area contributed by atoms with E-state index in [1.54, 1.807) is 7.11 Å². The van der Waals surface area contributed by atoms with Gasteiger partial charge in [0.25, 0.3) is 0 Å². The molecule has 1 aromatic rings. The van der Waals surface area contributed by atoms with Crippen LogP contribution in [0, 0.1) is 0 Å². The van der Waals surface area contributed by atoms with Crippen molar-refractivity contribution in [2.45, 2.75) is 39.8 Å². The third-order valence-corrected chi connectivity index (χ3v) is 2.91. The van der Waals surface area contributed by atoms with Gasteiger partial charge in [-0.15, -0.1) is 24.0 Å². The fourth-order valence-corrected chi connectivity index (χ4v) is 1.86. The van der Waals surface area contributed by atoms with Crippen LogP contribution in [0.3, 0.4) is 0 Å². The lowest BCUT2D eigenvalue weighted by Crippen LogP contribution is -2.41. The number of aliphatic imine (C=N–C) groups is 1. The molecule has 2 N–H and O–H groups in total. The molecule has 0 aliphatic carbocycles. The van der Waals surface area contributed by atoms with Crippen molar-refractivity contribution in [1.29, 1.82) is 0 Å². The number of nitrogens with one attached hydrogen (secondary N) is 2. The quantitative estimate of drug-likeness (QED) is 0.271. The van der Waals surface area contributed by atoms with E-state index in [1.807, 2.05) is 24.3 Å². The number of hydrogen-bond acceptors (Lipinski definition) is 3. The third-order valence-electron chi connectivity index (χ3n) is 2.91. The minimum Gasteiger partial charge on any atom is -0.497 e. The van der Waals surface area contributed by atoms with Crippen molar-refractivity contribution in [1.82, 2.24) is 10.6 Å². The Labute approximate surface area is 157 Å². The van der Waals surface area contributed by atoms with Crippen molar-refractivity contribution in [3.63, 3.8) is 0 Å². The minimum atomic E-state index is 0. The molecule has 5 nitrogen and oxygen atoms in total. The monoisotopic (exact) mass is 435 g/mol. The largest absolute Gasteiger partial charge is 0.497 e. The van der Waals surface area contributed by atoms with Gasteiger partial charge >= 0.3 is 0 Å². The Balaban J connectivity index is 0.00000484. The van der Waals surface area contributed by atoms with Gasteiger partial charge in [-0.2, -0.15) is 0 Å². The van der Waals surface area contributed by atoms with Gasteiger partial charge in [0, 0.05) is 25.7 Å². The molecule has 0 spiro atoms. The van der Waals surface area contributed by atoms with E-state index in [9.17, 15) is 0 Å². The summed E-state index contributed by atoms with van der Waals surface area (Å²) in [5, 5.41) is 6.52. The zero-order chi connectivity index (χ0) is 16.2. The fraction of sp³-hybridized carbons (Fsp3) is 0.588. The van der Waals surface area contributed by atoms with Crippen LogP contribution in [-0.2, 0) is 11.3 Å². The van der Waals surface area contributed by atoms with Crippen LogP contribution in [0.25, 0.3) is 0 Å². The minimum absolute atomic E-state index is 0. The highest BCUT2D eigenvalue weighted by Gasteiger charge is 1.99. The summed E-state index contributed by atoms with van der Waals surface area (Å²) in [5.41, 5.74) is 1.15. The second-order valence-corrected chi connectivity index (χ2v) is 5.31. The Kier molecular flexibility index (Phi) is 12.8. The molecule has 0 aliphatic rings. The molecule has 0 saturated carbocycles. The number of nitrogens with zero attached hydrogens (tertiary/aromatic N) is 1. The van der Waals surface area contributed by atoms with Gasteiger partial charge in [-0.1, -0.05) is 12.1 Å². The number of halogens is 1. The molecule has 0 unspecified atom stereocenters. The molecule has 0 radical (unpaired) electrons. The van der Waals surface area contributed by atoms with Gasteiger partial charge in [0.1, 0.15) is 5.75 Å². The Hall–Kier alpha value is -1.02.